The maximum absolute atomic E-state index is 11.8. The van der Waals surface area contributed by atoms with E-state index < -0.39 is 10.9 Å². The van der Waals surface area contributed by atoms with Crippen molar-refractivity contribution in [2.75, 3.05) is 14.2 Å². The minimum Gasteiger partial charge on any atom is -0.497 e. The number of carbonyl (C=O) groups is 1. The predicted molar refractivity (Wildman–Crippen MR) is 127 cm³/mol. The zero-order valence-corrected chi connectivity index (χ0v) is 19.2. The van der Waals surface area contributed by atoms with Crippen molar-refractivity contribution in [2.24, 2.45) is 0 Å². The normalized spacial score (nSPS) is 11.3. The molecule has 4 aromatic rings. The van der Waals surface area contributed by atoms with Crippen LogP contribution in [0.5, 0.6) is 11.5 Å². The van der Waals surface area contributed by atoms with Crippen molar-refractivity contribution < 1.29 is 28.7 Å². The number of benzene rings is 2. The molecule has 0 radical (unpaired) electrons. The number of H-pyrrole nitrogens is 1. The highest BCUT2D eigenvalue weighted by Gasteiger charge is 2.17. The van der Waals surface area contributed by atoms with Crippen molar-refractivity contribution >= 4 is 29.5 Å². The number of carboxylic acid groups (broad SMARTS) is 1. The molecule has 178 valence electrons. The first-order valence-electron chi connectivity index (χ1n) is 9.99. The second kappa shape index (κ2) is 10.1. The largest absolute Gasteiger partial charge is 0.497 e. The van der Waals surface area contributed by atoms with E-state index >= 15 is 0 Å². The quantitative estimate of drug-likeness (QED) is 0.142. The van der Waals surface area contributed by atoms with Gasteiger partial charge in [-0.15, -0.1) is 5.10 Å². The third-order valence-corrected chi connectivity index (χ3v) is 5.64. The Morgan fingerprint density at radius 3 is 2.37 bits per heavy atom. The molecule has 0 unspecified atom stereocenters. The number of ether oxygens (including phenoxy) is 2. The Morgan fingerprint density at radius 1 is 1.09 bits per heavy atom. The molecular formula is C23H18N4O7S. The molecule has 0 bridgehead atoms. The zero-order chi connectivity index (χ0) is 24.9. The molecule has 0 saturated carbocycles. The Balaban J connectivity index is 1.55. The number of nitrogens with zero attached hydrogens (tertiary/aromatic N) is 3. The number of thioether (sulfide) groups is 1. The Hall–Kier alpha value is -4.58. The summed E-state index contributed by atoms with van der Waals surface area (Å²) in [4.78, 5) is 26.5. The number of non-ortho nitro benzene ring substituents is 1. The SMILES string of the molecule is COc1cc(OC)cc(-c2nc(S/C(=C\c3ccc(-c4ccc([N+](=O)[O-])cc4)o3)C(=O)O)n[nH]2)c1. The predicted octanol–water partition coefficient (Wildman–Crippen LogP) is 4.87. The highest BCUT2D eigenvalue weighted by molar-refractivity contribution is 8.04. The summed E-state index contributed by atoms with van der Waals surface area (Å²) in [5.74, 6) is 1.09. The zero-order valence-electron chi connectivity index (χ0n) is 18.4. The Bertz CT molecular complexity index is 1390. The van der Waals surface area contributed by atoms with Crippen LogP contribution in [0, 0.1) is 10.1 Å². The molecule has 2 aromatic carbocycles. The molecule has 0 saturated heterocycles. The molecule has 0 fully saturated rings. The molecular weight excluding hydrogens is 476 g/mol. The van der Waals surface area contributed by atoms with Crippen molar-refractivity contribution in [2.45, 2.75) is 5.16 Å². The summed E-state index contributed by atoms with van der Waals surface area (Å²) in [6.45, 7) is 0. The van der Waals surface area contributed by atoms with Gasteiger partial charge in [0, 0.05) is 35.4 Å². The fraction of sp³-hybridized carbons (Fsp3) is 0.0870. The molecule has 2 heterocycles. The summed E-state index contributed by atoms with van der Waals surface area (Å²) in [5.41, 5.74) is 1.23. The number of aromatic nitrogens is 3. The van der Waals surface area contributed by atoms with E-state index in [1.54, 1.807) is 42.5 Å². The van der Waals surface area contributed by atoms with E-state index in [4.69, 9.17) is 13.9 Å². The second-order valence-corrected chi connectivity index (χ2v) is 8.00. The Labute approximate surface area is 202 Å². The van der Waals surface area contributed by atoms with Gasteiger partial charge in [-0.05, 0) is 48.2 Å². The van der Waals surface area contributed by atoms with Gasteiger partial charge < -0.3 is 19.0 Å². The van der Waals surface area contributed by atoms with Gasteiger partial charge in [-0.2, -0.15) is 0 Å². The first kappa shape index (κ1) is 23.6. The number of hydrogen-bond donors (Lipinski definition) is 2. The standard InChI is InChI=1S/C23H18N4O7S/c1-32-17-9-14(10-18(11-17)33-2)21-24-23(26-25-21)35-20(22(28)29)12-16-7-8-19(34-16)13-3-5-15(6-4-13)27(30)31/h3-12H,1-2H3,(H,28,29)(H,24,25,26)/b20-12-. The van der Waals surface area contributed by atoms with Crippen molar-refractivity contribution in [3.05, 3.63) is 75.4 Å². The average Bonchev–Trinajstić information content (AvgIpc) is 3.53. The monoisotopic (exact) mass is 494 g/mol. The average molecular weight is 494 g/mol. The van der Waals surface area contributed by atoms with Gasteiger partial charge in [0.05, 0.1) is 19.1 Å². The lowest BCUT2D eigenvalue weighted by Crippen LogP contribution is -1.97. The van der Waals surface area contributed by atoms with Crippen LogP contribution < -0.4 is 9.47 Å². The number of rotatable bonds is 9. The molecule has 12 heteroatoms. The number of aliphatic carboxylic acids is 1. The fourth-order valence-electron chi connectivity index (χ4n) is 3.06. The molecule has 35 heavy (non-hydrogen) atoms. The van der Waals surface area contributed by atoms with Gasteiger partial charge in [0.1, 0.15) is 27.9 Å². The van der Waals surface area contributed by atoms with Crippen LogP contribution in [-0.2, 0) is 4.79 Å². The van der Waals surface area contributed by atoms with Crippen LogP contribution >= 0.6 is 11.8 Å². The third kappa shape index (κ3) is 5.50. The van der Waals surface area contributed by atoms with Gasteiger partial charge >= 0.3 is 5.97 Å². The molecule has 0 atom stereocenters. The van der Waals surface area contributed by atoms with Crippen LogP contribution in [0.15, 0.2) is 69.1 Å². The lowest BCUT2D eigenvalue weighted by atomic mass is 10.1. The van der Waals surface area contributed by atoms with Crippen LogP contribution in [0.4, 0.5) is 5.69 Å². The summed E-state index contributed by atoms with van der Waals surface area (Å²) in [6.07, 6.45) is 1.35. The van der Waals surface area contributed by atoms with Gasteiger partial charge in [0.15, 0.2) is 5.82 Å². The lowest BCUT2D eigenvalue weighted by molar-refractivity contribution is -0.384. The lowest BCUT2D eigenvalue weighted by Gasteiger charge is -2.06. The molecule has 11 nitrogen and oxygen atoms in total. The van der Waals surface area contributed by atoms with Gasteiger partial charge in [-0.1, -0.05) is 0 Å². The molecule has 2 N–H and O–H groups in total. The van der Waals surface area contributed by atoms with Crippen LogP contribution in [0.1, 0.15) is 5.76 Å². The van der Waals surface area contributed by atoms with Crippen molar-refractivity contribution in [1.29, 1.82) is 0 Å². The van der Waals surface area contributed by atoms with E-state index in [-0.39, 0.29) is 21.5 Å². The molecule has 0 aliphatic carbocycles. The van der Waals surface area contributed by atoms with Gasteiger partial charge in [0.2, 0.25) is 5.16 Å². The number of hydrogen-bond acceptors (Lipinski definition) is 9. The Morgan fingerprint density at radius 2 is 1.77 bits per heavy atom. The van der Waals surface area contributed by atoms with E-state index in [1.165, 1.54) is 32.4 Å². The Kier molecular flexibility index (Phi) is 6.83. The highest BCUT2D eigenvalue weighted by Crippen LogP contribution is 2.32. The maximum atomic E-state index is 11.8. The minimum atomic E-state index is -1.18. The van der Waals surface area contributed by atoms with Crippen LogP contribution in [0.25, 0.3) is 28.8 Å². The van der Waals surface area contributed by atoms with Gasteiger partial charge in [-0.25, -0.2) is 9.78 Å². The summed E-state index contributed by atoms with van der Waals surface area (Å²) >= 11 is 0.848. The van der Waals surface area contributed by atoms with Crippen LogP contribution in [0.3, 0.4) is 0 Å². The minimum absolute atomic E-state index is 0.0387. The van der Waals surface area contributed by atoms with Crippen LogP contribution in [-0.4, -0.2) is 45.4 Å². The summed E-state index contributed by atoms with van der Waals surface area (Å²) in [6, 6.07) is 14.3. The second-order valence-electron chi connectivity index (χ2n) is 6.99. The first-order chi connectivity index (χ1) is 16.9. The van der Waals surface area contributed by atoms with E-state index in [9.17, 15) is 20.0 Å². The van der Waals surface area contributed by atoms with Crippen molar-refractivity contribution in [3.63, 3.8) is 0 Å². The van der Waals surface area contributed by atoms with E-state index in [0.29, 0.717) is 34.2 Å². The molecule has 4 rings (SSSR count). The number of nitro groups is 1. The van der Waals surface area contributed by atoms with E-state index in [1.807, 2.05) is 0 Å². The smallest absolute Gasteiger partial charge is 0.342 e. The molecule has 0 spiro atoms. The van der Waals surface area contributed by atoms with Crippen molar-refractivity contribution in [3.8, 4) is 34.2 Å². The van der Waals surface area contributed by atoms with E-state index in [0.717, 1.165) is 11.8 Å². The molecule has 2 aromatic heterocycles. The van der Waals surface area contributed by atoms with Gasteiger partial charge in [0.25, 0.3) is 5.69 Å². The number of carboxylic acids is 1. The number of furan rings is 1. The molecule has 0 aliphatic rings. The topological polar surface area (TPSA) is 154 Å². The summed E-state index contributed by atoms with van der Waals surface area (Å²) in [7, 11) is 3.07. The fourth-order valence-corrected chi connectivity index (χ4v) is 3.75. The summed E-state index contributed by atoms with van der Waals surface area (Å²) in [5, 5.41) is 27.6. The molecule has 0 aliphatic heterocycles. The number of methoxy groups -OCH3 is 2. The van der Waals surface area contributed by atoms with Crippen molar-refractivity contribution in [1.82, 2.24) is 15.2 Å². The number of nitrogens with one attached hydrogen (secondary N) is 1. The summed E-state index contributed by atoms with van der Waals surface area (Å²) < 4.78 is 16.2. The number of aromatic amines is 1. The third-order valence-electron chi connectivity index (χ3n) is 4.76. The van der Waals surface area contributed by atoms with Gasteiger partial charge in [-0.3, -0.25) is 15.2 Å². The van der Waals surface area contributed by atoms with E-state index in [2.05, 4.69) is 15.2 Å². The number of nitro benzene ring substituents is 1. The maximum Gasteiger partial charge on any atom is 0.342 e. The van der Waals surface area contributed by atoms with Crippen LogP contribution in [0.2, 0.25) is 0 Å². The first-order valence-corrected chi connectivity index (χ1v) is 10.8. The highest BCUT2D eigenvalue weighted by atomic mass is 32.2. The molecule has 0 amide bonds.